The van der Waals surface area contributed by atoms with Crippen molar-refractivity contribution in [1.29, 1.82) is 5.26 Å². The molecule has 17 heavy (non-hydrogen) atoms. The molecule has 1 aromatic rings. The topological polar surface area (TPSA) is 82.0 Å². The van der Waals surface area contributed by atoms with E-state index in [0.29, 0.717) is 13.0 Å². The summed E-state index contributed by atoms with van der Waals surface area (Å²) < 4.78 is 40.4. The summed E-state index contributed by atoms with van der Waals surface area (Å²) in [6, 6.07) is 5.06. The van der Waals surface area contributed by atoms with Crippen LogP contribution in [0.5, 0.6) is 0 Å². The van der Waals surface area contributed by atoms with E-state index in [-0.39, 0.29) is 11.3 Å². The van der Waals surface area contributed by atoms with Gasteiger partial charge in [-0.1, -0.05) is 6.92 Å². The van der Waals surface area contributed by atoms with E-state index in [1.54, 1.807) is 6.07 Å². The zero-order valence-corrected chi connectivity index (χ0v) is 10.0. The molecule has 0 radical (unpaired) electrons. The maximum Gasteiger partial charge on any atom is 0.299 e. The highest BCUT2D eigenvalue weighted by Gasteiger charge is 2.10. The lowest BCUT2D eigenvalue weighted by molar-refractivity contribution is 0.586. The van der Waals surface area contributed by atoms with Gasteiger partial charge in [-0.25, -0.2) is 4.39 Å². The molecule has 0 aliphatic carbocycles. The zero-order valence-electron chi connectivity index (χ0n) is 9.20. The van der Waals surface area contributed by atoms with Crippen molar-refractivity contribution in [2.75, 3.05) is 11.3 Å². The number of rotatable bonds is 5. The summed E-state index contributed by atoms with van der Waals surface area (Å²) in [4.78, 5) is 0. The van der Waals surface area contributed by atoms with Crippen LogP contribution in [0.1, 0.15) is 18.9 Å². The highest BCUT2D eigenvalue weighted by Crippen LogP contribution is 2.14. The van der Waals surface area contributed by atoms with E-state index < -0.39 is 16.0 Å². The fourth-order valence-corrected chi connectivity index (χ4v) is 2.08. The van der Waals surface area contributed by atoms with Gasteiger partial charge >= 0.3 is 0 Å². The van der Waals surface area contributed by atoms with Crippen LogP contribution >= 0.6 is 0 Å². The molecule has 7 heteroatoms. The minimum atomic E-state index is -3.67. The Morgan fingerprint density at radius 1 is 1.47 bits per heavy atom. The molecule has 0 atom stereocenters. The monoisotopic (exact) mass is 257 g/mol. The SMILES string of the molecule is CCCNS(=O)(=O)Nc1ccc(F)c(C#N)c1. The molecule has 5 nitrogen and oxygen atoms in total. The average Bonchev–Trinajstić information content (AvgIpc) is 2.29. The van der Waals surface area contributed by atoms with Gasteiger partial charge in [0.05, 0.1) is 11.3 Å². The number of hydrogen-bond acceptors (Lipinski definition) is 3. The van der Waals surface area contributed by atoms with E-state index in [4.69, 9.17) is 5.26 Å². The van der Waals surface area contributed by atoms with Crippen LogP contribution in [0.15, 0.2) is 18.2 Å². The van der Waals surface area contributed by atoms with Crippen LogP contribution in [0, 0.1) is 17.1 Å². The molecule has 2 N–H and O–H groups in total. The fourth-order valence-electron chi connectivity index (χ4n) is 1.10. The zero-order chi connectivity index (χ0) is 12.9. The van der Waals surface area contributed by atoms with E-state index in [1.165, 1.54) is 6.07 Å². The van der Waals surface area contributed by atoms with Gasteiger partial charge in [0, 0.05) is 6.54 Å². The molecule has 0 saturated carbocycles. The Morgan fingerprint density at radius 2 is 2.18 bits per heavy atom. The van der Waals surface area contributed by atoms with Gasteiger partial charge < -0.3 is 0 Å². The highest BCUT2D eigenvalue weighted by atomic mass is 32.2. The lowest BCUT2D eigenvalue weighted by atomic mass is 10.2. The Bertz CT molecular complexity index is 537. The van der Waals surface area contributed by atoms with Crippen molar-refractivity contribution < 1.29 is 12.8 Å². The van der Waals surface area contributed by atoms with Crippen molar-refractivity contribution in [3.8, 4) is 6.07 Å². The Hall–Kier alpha value is -1.65. The van der Waals surface area contributed by atoms with Crippen LogP contribution in [0.3, 0.4) is 0 Å². The van der Waals surface area contributed by atoms with Crippen molar-refractivity contribution in [3.05, 3.63) is 29.6 Å². The predicted molar refractivity (Wildman–Crippen MR) is 62.0 cm³/mol. The first kappa shape index (κ1) is 13.4. The quantitative estimate of drug-likeness (QED) is 0.835. The molecule has 1 rings (SSSR count). The van der Waals surface area contributed by atoms with Gasteiger partial charge in [-0.15, -0.1) is 0 Å². The first-order chi connectivity index (χ1) is 7.98. The fraction of sp³-hybridized carbons (Fsp3) is 0.300. The molecule has 0 aliphatic heterocycles. The third-order valence-electron chi connectivity index (χ3n) is 1.88. The molecule has 92 valence electrons. The number of nitriles is 1. The predicted octanol–water partition coefficient (Wildman–Crippen LogP) is 1.35. The maximum atomic E-state index is 13.0. The van der Waals surface area contributed by atoms with Crippen LogP contribution in [0.25, 0.3) is 0 Å². The number of nitrogens with one attached hydrogen (secondary N) is 2. The van der Waals surface area contributed by atoms with Crippen LogP contribution < -0.4 is 9.44 Å². The summed E-state index contributed by atoms with van der Waals surface area (Å²) in [7, 11) is -3.67. The summed E-state index contributed by atoms with van der Waals surface area (Å²) in [6.45, 7) is 2.13. The average molecular weight is 257 g/mol. The van der Waals surface area contributed by atoms with Gasteiger partial charge in [-0.05, 0) is 24.6 Å². The number of anilines is 1. The lowest BCUT2D eigenvalue weighted by Crippen LogP contribution is -2.30. The minimum Gasteiger partial charge on any atom is -0.271 e. The molecule has 0 heterocycles. The van der Waals surface area contributed by atoms with Gasteiger partial charge in [-0.3, -0.25) is 4.72 Å². The second-order valence-corrected chi connectivity index (χ2v) is 4.81. The summed E-state index contributed by atoms with van der Waals surface area (Å²) in [5.41, 5.74) is -0.0627. The Labute approximate surface area is 99.4 Å². The summed E-state index contributed by atoms with van der Waals surface area (Å²) in [5, 5.41) is 8.60. The largest absolute Gasteiger partial charge is 0.299 e. The number of hydrogen-bond donors (Lipinski definition) is 2. The standard InChI is InChI=1S/C10H12FN3O2S/c1-2-5-13-17(15,16)14-9-3-4-10(11)8(6-9)7-12/h3-4,6,13-14H,2,5H2,1H3. The van der Waals surface area contributed by atoms with E-state index >= 15 is 0 Å². The summed E-state index contributed by atoms with van der Waals surface area (Å²) in [5.74, 6) is -0.683. The molecular weight excluding hydrogens is 245 g/mol. The minimum absolute atomic E-state index is 0.145. The van der Waals surface area contributed by atoms with Crippen molar-refractivity contribution >= 4 is 15.9 Å². The van der Waals surface area contributed by atoms with Crippen LogP contribution in [-0.2, 0) is 10.2 Å². The highest BCUT2D eigenvalue weighted by molar-refractivity contribution is 7.90. The van der Waals surface area contributed by atoms with Gasteiger partial charge in [0.25, 0.3) is 10.2 Å². The molecule has 0 saturated heterocycles. The van der Waals surface area contributed by atoms with Crippen LogP contribution in [-0.4, -0.2) is 15.0 Å². The van der Waals surface area contributed by atoms with E-state index in [2.05, 4.69) is 9.44 Å². The first-order valence-corrected chi connectivity index (χ1v) is 6.44. The van der Waals surface area contributed by atoms with Gasteiger partial charge in [-0.2, -0.15) is 18.4 Å². The van der Waals surface area contributed by atoms with Crippen LogP contribution in [0.2, 0.25) is 0 Å². The second-order valence-electron chi connectivity index (χ2n) is 3.31. The Morgan fingerprint density at radius 3 is 2.76 bits per heavy atom. The van der Waals surface area contributed by atoms with Crippen molar-refractivity contribution in [3.63, 3.8) is 0 Å². The molecule has 1 aromatic carbocycles. The molecule has 0 unspecified atom stereocenters. The normalized spacial score (nSPS) is 10.9. The third kappa shape index (κ3) is 4.01. The van der Waals surface area contributed by atoms with Crippen molar-refractivity contribution in [2.24, 2.45) is 0 Å². The second kappa shape index (κ2) is 5.61. The summed E-state index contributed by atoms with van der Waals surface area (Å²) in [6.07, 6.45) is 0.660. The van der Waals surface area contributed by atoms with E-state index in [9.17, 15) is 12.8 Å². The number of nitrogens with zero attached hydrogens (tertiary/aromatic N) is 1. The molecule has 0 aliphatic rings. The lowest BCUT2D eigenvalue weighted by Gasteiger charge is -2.08. The number of benzene rings is 1. The molecule has 0 fully saturated rings. The molecule has 0 spiro atoms. The first-order valence-electron chi connectivity index (χ1n) is 4.95. The van der Waals surface area contributed by atoms with E-state index in [0.717, 1.165) is 12.1 Å². The number of halogens is 1. The van der Waals surface area contributed by atoms with Crippen molar-refractivity contribution in [2.45, 2.75) is 13.3 Å². The summed E-state index contributed by atoms with van der Waals surface area (Å²) >= 11 is 0. The third-order valence-corrected chi connectivity index (χ3v) is 2.97. The molecule has 0 bridgehead atoms. The molecule has 0 aromatic heterocycles. The smallest absolute Gasteiger partial charge is 0.271 e. The van der Waals surface area contributed by atoms with Gasteiger partial charge in [0.1, 0.15) is 11.9 Å². The molecular formula is C10H12FN3O2S. The Balaban J connectivity index is 2.86. The van der Waals surface area contributed by atoms with Crippen LogP contribution in [0.4, 0.5) is 10.1 Å². The van der Waals surface area contributed by atoms with E-state index in [1.807, 2.05) is 6.92 Å². The van der Waals surface area contributed by atoms with Gasteiger partial charge in [0.2, 0.25) is 0 Å². The Kier molecular flexibility index (Phi) is 4.43. The maximum absolute atomic E-state index is 13.0. The van der Waals surface area contributed by atoms with Gasteiger partial charge in [0.15, 0.2) is 0 Å². The van der Waals surface area contributed by atoms with Crippen molar-refractivity contribution in [1.82, 2.24) is 4.72 Å². The molecule has 0 amide bonds.